The quantitative estimate of drug-likeness (QED) is 0.122. The van der Waals surface area contributed by atoms with Crippen molar-refractivity contribution in [1.29, 1.82) is 0 Å². The first kappa shape index (κ1) is 21.0. The van der Waals surface area contributed by atoms with Gasteiger partial charge in [0.05, 0.1) is 17.6 Å². The number of aromatic hydroxyl groups is 1. The highest BCUT2D eigenvalue weighted by molar-refractivity contribution is 7.94. The minimum Gasteiger partial charge on any atom is -0.504 e. The molecule has 4 rings (SSSR count). The van der Waals surface area contributed by atoms with Gasteiger partial charge in [-0.15, -0.1) is 14.6 Å². The van der Waals surface area contributed by atoms with Crippen LogP contribution in [0.2, 0.25) is 0 Å². The molecule has 11 nitrogen and oxygen atoms in total. The third kappa shape index (κ3) is 4.18. The van der Waals surface area contributed by atoms with E-state index in [9.17, 15) is 18.1 Å². The fraction of sp³-hybridized carbons (Fsp3) is 0. The lowest BCUT2D eigenvalue weighted by Gasteiger charge is -2.08. The number of aromatic nitrogens is 2. The molecule has 2 heterocycles. The molecule has 158 valence electrons. The van der Waals surface area contributed by atoms with Crippen molar-refractivity contribution in [2.75, 3.05) is 0 Å². The zero-order valence-corrected chi connectivity index (χ0v) is 16.9. The first-order chi connectivity index (χ1) is 14.9. The summed E-state index contributed by atoms with van der Waals surface area (Å²) in [5.41, 5.74) is 0.464. The van der Waals surface area contributed by atoms with Gasteiger partial charge in [-0.25, -0.2) is 5.26 Å². The van der Waals surface area contributed by atoms with Crippen molar-refractivity contribution in [1.82, 2.24) is 9.97 Å². The number of hydrogen-bond acceptors (Lipinski definition) is 11. The molecular formula is C18H12N4O7S2. The Morgan fingerprint density at radius 3 is 2.32 bits per heavy atom. The van der Waals surface area contributed by atoms with E-state index in [1.807, 2.05) is 0 Å². The van der Waals surface area contributed by atoms with Gasteiger partial charge in [-0.1, -0.05) is 5.04 Å². The van der Waals surface area contributed by atoms with E-state index in [1.54, 1.807) is 24.3 Å². The molecule has 13 heteroatoms. The molecule has 4 aromatic rings. The van der Waals surface area contributed by atoms with E-state index in [0.717, 1.165) is 18.1 Å². The zero-order chi connectivity index (χ0) is 22.0. The maximum atomic E-state index is 11.8. The molecule has 0 aliphatic rings. The van der Waals surface area contributed by atoms with Crippen LogP contribution < -0.4 is 0 Å². The summed E-state index contributed by atoms with van der Waals surface area (Å²) in [5.74, 6) is -0.398. The summed E-state index contributed by atoms with van der Waals surface area (Å²) >= 11 is 0.754. The monoisotopic (exact) mass is 460 g/mol. The number of pyridine rings is 2. The SMILES string of the molecule is O=S(=O)(O)c1cc(N=Nc2ccc(SOOO)c3cccnc23)c(O)c2ncccc12. The summed E-state index contributed by atoms with van der Waals surface area (Å²) in [4.78, 5) is 8.34. The van der Waals surface area contributed by atoms with E-state index < -0.39 is 20.8 Å². The van der Waals surface area contributed by atoms with Gasteiger partial charge in [0.15, 0.2) is 5.75 Å². The van der Waals surface area contributed by atoms with Gasteiger partial charge in [0.25, 0.3) is 10.1 Å². The summed E-state index contributed by atoms with van der Waals surface area (Å²) in [6, 6.07) is 10.5. The molecule has 0 aliphatic heterocycles. The van der Waals surface area contributed by atoms with Crippen molar-refractivity contribution in [2.24, 2.45) is 10.2 Å². The molecule has 31 heavy (non-hydrogen) atoms. The van der Waals surface area contributed by atoms with Gasteiger partial charge in [-0.2, -0.15) is 8.42 Å². The Labute approximate surface area is 178 Å². The fourth-order valence-corrected chi connectivity index (χ4v) is 4.10. The highest BCUT2D eigenvalue weighted by Gasteiger charge is 2.20. The lowest BCUT2D eigenvalue weighted by molar-refractivity contribution is -0.432. The first-order valence-electron chi connectivity index (χ1n) is 8.42. The Morgan fingerprint density at radius 2 is 1.61 bits per heavy atom. The van der Waals surface area contributed by atoms with Crippen LogP contribution in [-0.2, 0) is 19.5 Å². The van der Waals surface area contributed by atoms with Crippen molar-refractivity contribution in [3.05, 3.63) is 54.9 Å². The summed E-state index contributed by atoms with van der Waals surface area (Å²) in [6.45, 7) is 0. The van der Waals surface area contributed by atoms with Crippen molar-refractivity contribution in [2.45, 2.75) is 9.79 Å². The van der Waals surface area contributed by atoms with Crippen LogP contribution in [0.5, 0.6) is 5.75 Å². The highest BCUT2D eigenvalue weighted by atomic mass is 32.2. The van der Waals surface area contributed by atoms with Crippen molar-refractivity contribution < 1.29 is 32.7 Å². The molecule has 3 N–H and O–H groups in total. The smallest absolute Gasteiger partial charge is 0.295 e. The minimum absolute atomic E-state index is 0.0426. The van der Waals surface area contributed by atoms with Gasteiger partial charge in [0, 0.05) is 28.1 Å². The molecule has 0 atom stereocenters. The van der Waals surface area contributed by atoms with Crippen LogP contribution in [0.25, 0.3) is 21.8 Å². The fourth-order valence-electron chi connectivity index (χ4n) is 2.92. The molecular weight excluding hydrogens is 448 g/mol. The van der Waals surface area contributed by atoms with Gasteiger partial charge in [-0.3, -0.25) is 14.5 Å². The van der Waals surface area contributed by atoms with Crippen LogP contribution in [0.3, 0.4) is 0 Å². The zero-order valence-electron chi connectivity index (χ0n) is 15.3. The van der Waals surface area contributed by atoms with E-state index >= 15 is 0 Å². The summed E-state index contributed by atoms with van der Waals surface area (Å²) < 4.78 is 37.6. The predicted molar refractivity (Wildman–Crippen MR) is 110 cm³/mol. The molecule has 2 aromatic carbocycles. The number of phenols is 1. The summed E-state index contributed by atoms with van der Waals surface area (Å²) in [7, 11) is -4.61. The average molecular weight is 460 g/mol. The van der Waals surface area contributed by atoms with Gasteiger partial charge in [0.1, 0.15) is 21.8 Å². The van der Waals surface area contributed by atoms with E-state index in [4.69, 9.17) is 5.26 Å². The van der Waals surface area contributed by atoms with E-state index in [1.165, 1.54) is 24.5 Å². The molecule has 0 spiro atoms. The number of fused-ring (bicyclic) bond motifs is 2. The largest absolute Gasteiger partial charge is 0.504 e. The third-order valence-electron chi connectivity index (χ3n) is 4.21. The van der Waals surface area contributed by atoms with Crippen LogP contribution in [0.15, 0.2) is 74.9 Å². The van der Waals surface area contributed by atoms with Crippen molar-refractivity contribution in [3.8, 4) is 5.75 Å². The average Bonchev–Trinajstić information content (AvgIpc) is 2.77. The Bertz CT molecular complexity index is 1430. The topological polar surface area (TPSA) is 164 Å². The molecule has 0 aliphatic carbocycles. The summed E-state index contributed by atoms with van der Waals surface area (Å²) in [5, 5.41) is 31.2. The van der Waals surface area contributed by atoms with Crippen LogP contribution in [0.1, 0.15) is 0 Å². The molecule has 0 amide bonds. The van der Waals surface area contributed by atoms with Crippen molar-refractivity contribution >= 4 is 55.3 Å². The number of phenolic OH excluding ortho intramolecular Hbond substituents is 1. The second-order valence-corrected chi connectivity index (χ2v) is 8.16. The Balaban J connectivity index is 1.84. The van der Waals surface area contributed by atoms with E-state index in [-0.39, 0.29) is 16.6 Å². The maximum Gasteiger partial charge on any atom is 0.295 e. The van der Waals surface area contributed by atoms with Gasteiger partial charge in [0.2, 0.25) is 0 Å². The van der Waals surface area contributed by atoms with E-state index in [2.05, 4.69) is 29.6 Å². The highest BCUT2D eigenvalue weighted by Crippen LogP contribution is 2.39. The van der Waals surface area contributed by atoms with Crippen LogP contribution in [0.4, 0.5) is 11.4 Å². The Kier molecular flexibility index (Phi) is 5.77. The lowest BCUT2D eigenvalue weighted by atomic mass is 10.2. The number of azo groups is 1. The van der Waals surface area contributed by atoms with Crippen LogP contribution >= 0.6 is 12.0 Å². The van der Waals surface area contributed by atoms with Crippen LogP contribution in [0, 0.1) is 0 Å². The Hall–Kier alpha value is -3.20. The minimum atomic E-state index is -4.61. The van der Waals surface area contributed by atoms with Crippen molar-refractivity contribution in [3.63, 3.8) is 0 Å². The van der Waals surface area contributed by atoms with Gasteiger partial charge in [-0.05, 0) is 42.5 Å². The molecule has 0 fully saturated rings. The predicted octanol–water partition coefficient (Wildman–Crippen LogP) is 4.58. The second-order valence-electron chi connectivity index (χ2n) is 6.03. The molecule has 2 aromatic heterocycles. The standard InChI is InChI=1S/C18H12N4O7S2/c23-18-13(9-15(31(25,26)27)11-4-2-8-20-17(11)18)22-21-12-5-6-14(30-29-28-24)10-3-1-7-19-16(10)12/h1-9,23-24H,(H,25,26,27). The number of rotatable bonds is 6. The first-order valence-corrected chi connectivity index (χ1v) is 10.6. The van der Waals surface area contributed by atoms with Crippen LogP contribution in [-0.4, -0.2) is 33.3 Å². The second kappa shape index (κ2) is 8.50. The van der Waals surface area contributed by atoms with Gasteiger partial charge < -0.3 is 5.11 Å². The molecule has 0 unspecified atom stereocenters. The van der Waals surface area contributed by atoms with E-state index in [0.29, 0.717) is 21.5 Å². The molecule has 0 saturated carbocycles. The number of nitrogens with zero attached hydrogens (tertiary/aromatic N) is 4. The molecule has 0 radical (unpaired) electrons. The molecule has 0 bridgehead atoms. The number of hydrogen-bond donors (Lipinski definition) is 3. The summed E-state index contributed by atoms with van der Waals surface area (Å²) in [6.07, 6.45) is 2.90. The Morgan fingerprint density at radius 1 is 0.935 bits per heavy atom. The maximum absolute atomic E-state index is 11.8. The molecule has 0 saturated heterocycles. The third-order valence-corrected chi connectivity index (χ3v) is 5.77. The normalized spacial score (nSPS) is 12.2. The lowest BCUT2D eigenvalue weighted by Crippen LogP contribution is -1.99. The van der Waals surface area contributed by atoms with Gasteiger partial charge >= 0.3 is 0 Å². The number of benzene rings is 2.